The van der Waals surface area contributed by atoms with E-state index in [-0.39, 0.29) is 23.4 Å². The molecule has 2 aliphatic rings. The molecule has 0 N–H and O–H groups in total. The van der Waals surface area contributed by atoms with Crippen LogP contribution in [-0.2, 0) is 7.05 Å². The van der Waals surface area contributed by atoms with E-state index >= 15 is 0 Å². The number of amides is 3. The highest BCUT2D eigenvalue weighted by molar-refractivity contribution is 6.34. The van der Waals surface area contributed by atoms with Crippen molar-refractivity contribution in [3.8, 4) is 5.75 Å². The van der Waals surface area contributed by atoms with Gasteiger partial charge in [0.1, 0.15) is 5.75 Å². The van der Waals surface area contributed by atoms with Gasteiger partial charge in [-0.15, -0.1) is 0 Å². The second kappa shape index (κ2) is 8.24. The Morgan fingerprint density at radius 2 is 1.79 bits per heavy atom. The van der Waals surface area contributed by atoms with Crippen LogP contribution in [0.25, 0.3) is 0 Å². The third kappa shape index (κ3) is 3.50. The van der Waals surface area contributed by atoms with Gasteiger partial charge in [0.2, 0.25) is 0 Å². The van der Waals surface area contributed by atoms with Gasteiger partial charge in [0, 0.05) is 31.0 Å². The highest BCUT2D eigenvalue weighted by atomic mass is 16.5. The van der Waals surface area contributed by atoms with Gasteiger partial charge >= 0.3 is 0 Å². The van der Waals surface area contributed by atoms with Gasteiger partial charge in [0.05, 0.1) is 29.5 Å². The molecule has 1 fully saturated rings. The first-order valence-electron chi connectivity index (χ1n) is 11.2. The van der Waals surface area contributed by atoms with Crippen molar-refractivity contribution >= 4 is 23.4 Å². The number of likely N-dealkylation sites (tertiary alicyclic amines) is 1. The van der Waals surface area contributed by atoms with Gasteiger partial charge in [-0.2, -0.15) is 0 Å². The predicted octanol–water partition coefficient (Wildman–Crippen LogP) is 4.20. The third-order valence-electron chi connectivity index (χ3n) is 6.38. The maximum absolute atomic E-state index is 13.4. The molecule has 168 valence electrons. The molecule has 3 aromatic rings. The zero-order valence-electron chi connectivity index (χ0n) is 18.7. The summed E-state index contributed by atoms with van der Waals surface area (Å²) in [5.41, 5.74) is 2.56. The van der Waals surface area contributed by atoms with Gasteiger partial charge in [-0.3, -0.25) is 14.4 Å². The quantitative estimate of drug-likeness (QED) is 0.554. The maximum Gasteiger partial charge on any atom is 0.266 e. The van der Waals surface area contributed by atoms with Gasteiger partial charge in [-0.25, -0.2) is 4.90 Å². The van der Waals surface area contributed by atoms with Crippen LogP contribution in [0.15, 0.2) is 60.8 Å². The topological polar surface area (TPSA) is 71.8 Å². The first-order valence-corrected chi connectivity index (χ1v) is 11.2. The zero-order valence-corrected chi connectivity index (χ0v) is 18.7. The van der Waals surface area contributed by atoms with E-state index in [1.807, 2.05) is 41.8 Å². The van der Waals surface area contributed by atoms with E-state index in [0.717, 1.165) is 23.4 Å². The summed E-state index contributed by atoms with van der Waals surface area (Å²) in [5, 5.41) is 0. The number of rotatable bonds is 5. The Morgan fingerprint density at radius 3 is 2.48 bits per heavy atom. The molecular formula is C26H25N3O4. The Kier molecular flexibility index (Phi) is 5.24. The number of hydrogen-bond acceptors (Lipinski definition) is 4. The molecule has 3 amide bonds. The number of anilines is 1. The van der Waals surface area contributed by atoms with Gasteiger partial charge in [-0.1, -0.05) is 0 Å². The van der Waals surface area contributed by atoms with Crippen molar-refractivity contribution in [2.75, 3.05) is 18.1 Å². The second-order valence-corrected chi connectivity index (χ2v) is 8.33. The van der Waals surface area contributed by atoms with Gasteiger partial charge in [-0.05, 0) is 74.4 Å². The molecule has 3 heterocycles. The number of carbonyl (C=O) groups is 3. The lowest BCUT2D eigenvalue weighted by molar-refractivity contribution is 0.0730. The van der Waals surface area contributed by atoms with E-state index in [9.17, 15) is 14.4 Å². The normalized spacial score (nSPS) is 17.6. The van der Waals surface area contributed by atoms with Crippen LogP contribution < -0.4 is 9.64 Å². The van der Waals surface area contributed by atoms with Gasteiger partial charge in [0.15, 0.2) is 0 Å². The Balaban J connectivity index is 1.42. The number of ether oxygens (including phenoxy) is 1. The van der Waals surface area contributed by atoms with Crippen LogP contribution >= 0.6 is 0 Å². The average molecular weight is 444 g/mol. The molecule has 7 nitrogen and oxygen atoms in total. The number of aromatic nitrogens is 1. The summed E-state index contributed by atoms with van der Waals surface area (Å²) in [6.07, 6.45) is 3.80. The summed E-state index contributed by atoms with van der Waals surface area (Å²) in [6.45, 7) is 3.09. The minimum Gasteiger partial charge on any atom is -0.494 e. The zero-order chi connectivity index (χ0) is 23.1. The standard InChI is InChI=1S/C26H25N3O4/c1-3-33-19-11-9-18(10-12-19)29-25(31)20-13-8-17(16-21(20)26(29)32)24(30)28-15-5-7-23(28)22-6-4-14-27(22)2/h4,6,8-14,16,23H,3,5,7,15H2,1-2H3. The minimum atomic E-state index is -0.422. The lowest BCUT2D eigenvalue weighted by Crippen LogP contribution is -2.31. The number of aryl methyl sites for hydroxylation is 1. The summed E-state index contributed by atoms with van der Waals surface area (Å²) in [6, 6.07) is 15.7. The SMILES string of the molecule is CCOc1ccc(N2C(=O)c3ccc(C(=O)N4CCCC4c4cccn4C)cc3C2=O)cc1. The van der Waals surface area contributed by atoms with Crippen LogP contribution in [0.2, 0.25) is 0 Å². The first kappa shape index (κ1) is 21.0. The van der Waals surface area contributed by atoms with E-state index in [0.29, 0.717) is 35.7 Å². The molecule has 0 spiro atoms. The summed E-state index contributed by atoms with van der Waals surface area (Å²) in [5.74, 6) is -0.263. The molecule has 1 atom stereocenters. The molecule has 0 bridgehead atoms. The van der Waals surface area contributed by atoms with Crippen molar-refractivity contribution < 1.29 is 19.1 Å². The van der Waals surface area contributed by atoms with E-state index in [4.69, 9.17) is 4.74 Å². The van der Waals surface area contributed by atoms with E-state index < -0.39 is 5.91 Å². The van der Waals surface area contributed by atoms with Crippen LogP contribution in [0.4, 0.5) is 5.69 Å². The number of fused-ring (bicyclic) bond motifs is 1. The second-order valence-electron chi connectivity index (χ2n) is 8.33. The lowest BCUT2D eigenvalue weighted by atomic mass is 10.0. The van der Waals surface area contributed by atoms with Crippen molar-refractivity contribution in [3.05, 3.63) is 83.2 Å². The van der Waals surface area contributed by atoms with Gasteiger partial charge in [0.25, 0.3) is 17.7 Å². The molecule has 1 unspecified atom stereocenters. The summed E-state index contributed by atoms with van der Waals surface area (Å²) in [4.78, 5) is 42.5. The summed E-state index contributed by atoms with van der Waals surface area (Å²) in [7, 11) is 1.98. The highest BCUT2D eigenvalue weighted by Crippen LogP contribution is 2.35. The van der Waals surface area contributed by atoms with E-state index in [1.54, 1.807) is 42.5 Å². The Bertz CT molecular complexity index is 1240. The maximum atomic E-state index is 13.4. The monoisotopic (exact) mass is 443 g/mol. The van der Waals surface area contributed by atoms with Crippen molar-refractivity contribution in [2.45, 2.75) is 25.8 Å². The molecule has 0 radical (unpaired) electrons. The molecule has 2 aromatic carbocycles. The number of hydrogen-bond donors (Lipinski definition) is 0. The number of carbonyl (C=O) groups excluding carboxylic acids is 3. The largest absolute Gasteiger partial charge is 0.494 e. The van der Waals surface area contributed by atoms with Crippen LogP contribution in [-0.4, -0.2) is 40.3 Å². The molecule has 1 aromatic heterocycles. The fraction of sp³-hybridized carbons (Fsp3) is 0.269. The molecule has 7 heteroatoms. The van der Waals surface area contributed by atoms with Crippen LogP contribution in [0.3, 0.4) is 0 Å². The third-order valence-corrected chi connectivity index (χ3v) is 6.38. The summed E-state index contributed by atoms with van der Waals surface area (Å²) >= 11 is 0. The van der Waals surface area contributed by atoms with Crippen LogP contribution in [0.5, 0.6) is 5.75 Å². The number of benzene rings is 2. The van der Waals surface area contributed by atoms with E-state index in [2.05, 4.69) is 0 Å². The Labute approximate surface area is 192 Å². The fourth-order valence-corrected chi connectivity index (χ4v) is 4.77. The molecule has 33 heavy (non-hydrogen) atoms. The molecular weight excluding hydrogens is 418 g/mol. The predicted molar refractivity (Wildman–Crippen MR) is 124 cm³/mol. The van der Waals surface area contributed by atoms with E-state index in [1.165, 1.54) is 0 Å². The number of nitrogens with zero attached hydrogens (tertiary/aromatic N) is 3. The molecule has 0 aliphatic carbocycles. The average Bonchev–Trinajstić information content (AvgIpc) is 3.53. The minimum absolute atomic E-state index is 0.00319. The van der Waals surface area contributed by atoms with Gasteiger partial charge < -0.3 is 14.2 Å². The molecule has 5 rings (SSSR count). The number of imide groups is 1. The van der Waals surface area contributed by atoms with Crippen molar-refractivity contribution in [3.63, 3.8) is 0 Å². The van der Waals surface area contributed by atoms with Crippen LogP contribution in [0, 0.1) is 0 Å². The smallest absolute Gasteiger partial charge is 0.266 e. The fourth-order valence-electron chi connectivity index (χ4n) is 4.77. The Morgan fingerprint density at radius 1 is 1.03 bits per heavy atom. The molecule has 1 saturated heterocycles. The molecule has 0 saturated carbocycles. The highest BCUT2D eigenvalue weighted by Gasteiger charge is 2.38. The van der Waals surface area contributed by atoms with Crippen molar-refractivity contribution in [1.82, 2.24) is 9.47 Å². The van der Waals surface area contributed by atoms with Crippen LogP contribution in [0.1, 0.15) is 62.6 Å². The summed E-state index contributed by atoms with van der Waals surface area (Å²) < 4.78 is 7.48. The van der Waals surface area contributed by atoms with Crippen molar-refractivity contribution in [1.29, 1.82) is 0 Å². The first-order chi connectivity index (χ1) is 16.0. The Hall–Kier alpha value is -3.87. The molecule has 2 aliphatic heterocycles. The lowest BCUT2D eigenvalue weighted by Gasteiger charge is -2.25. The van der Waals surface area contributed by atoms with Crippen molar-refractivity contribution in [2.24, 2.45) is 7.05 Å².